The van der Waals surface area contributed by atoms with Gasteiger partial charge in [0, 0.05) is 30.6 Å². The Labute approximate surface area is 449 Å². The third kappa shape index (κ3) is 18.2. The molecule has 0 saturated carbocycles. The molecule has 0 aliphatic carbocycles. The Morgan fingerprint density at radius 2 is 1.45 bits per heavy atom. The fraction of sp³-hybridized carbons (Fsp3) is 0.754. The molecule has 0 bridgehead atoms. The molecule has 1 aromatic rings. The fourth-order valence-corrected chi connectivity index (χ4v) is 19.8. The lowest BCUT2D eigenvalue weighted by Crippen LogP contribution is -2.47. The Morgan fingerprint density at radius 3 is 1.97 bits per heavy atom. The number of allylic oxidation sites excluding steroid dienone is 1. The molecule has 11 atom stereocenters. The van der Waals surface area contributed by atoms with Crippen molar-refractivity contribution in [2.24, 2.45) is 23.7 Å². The lowest BCUT2D eigenvalue weighted by atomic mass is 9.81. The molecule has 11 unspecified atom stereocenters. The van der Waals surface area contributed by atoms with Gasteiger partial charge in [0.2, 0.25) is 0 Å². The normalized spacial score (nSPS) is 25.6. The second-order valence-corrected chi connectivity index (χ2v) is 35.6. The van der Waals surface area contributed by atoms with Crippen molar-refractivity contribution in [3.8, 4) is 5.75 Å². The minimum atomic E-state index is -2.25. The number of cyclic esters (lactones) is 1. The van der Waals surface area contributed by atoms with Gasteiger partial charge in [-0.3, -0.25) is 19.8 Å². The highest BCUT2D eigenvalue weighted by atomic mass is 28.4. The zero-order valence-electron chi connectivity index (χ0n) is 48.8. The Hall–Kier alpha value is -3.17. The number of carbonyl (C=O) groups excluding carboxylic acids is 2. The van der Waals surface area contributed by atoms with Crippen LogP contribution < -0.4 is 4.89 Å². The molecule has 74 heavy (non-hydrogen) atoms. The molecule has 0 aromatic heterocycles. The number of non-ortho nitro benzene ring substituents is 1. The van der Waals surface area contributed by atoms with Crippen LogP contribution in [0.5, 0.6) is 5.75 Å². The van der Waals surface area contributed by atoms with Crippen molar-refractivity contribution in [2.75, 3.05) is 6.61 Å². The summed E-state index contributed by atoms with van der Waals surface area (Å²) in [6, 6.07) is 14.2. The summed E-state index contributed by atoms with van der Waals surface area (Å²) in [7, 11) is -6.21. The Morgan fingerprint density at radius 1 is 0.865 bits per heavy atom. The average molecular weight is 1090 g/mol. The fourth-order valence-electron chi connectivity index (χ4n) is 10.9. The molecule has 422 valence electrons. The van der Waals surface area contributed by atoms with Crippen LogP contribution in [0, 0.1) is 33.8 Å². The molecule has 1 fully saturated rings. The van der Waals surface area contributed by atoms with E-state index in [2.05, 4.69) is 108 Å². The third-order valence-corrected chi connectivity index (χ3v) is 30.8. The first-order valence-electron chi connectivity index (χ1n) is 28.4. The molecule has 0 spiro atoms. The lowest BCUT2D eigenvalue weighted by Gasteiger charge is -2.40. The predicted molar refractivity (Wildman–Crippen MR) is 302 cm³/mol. The van der Waals surface area contributed by atoms with E-state index < -0.39 is 71.5 Å². The van der Waals surface area contributed by atoms with Crippen molar-refractivity contribution < 1.29 is 56.5 Å². The maximum absolute atomic E-state index is 14.4. The van der Waals surface area contributed by atoms with E-state index in [0.29, 0.717) is 25.9 Å². The maximum atomic E-state index is 14.4. The summed E-state index contributed by atoms with van der Waals surface area (Å²) < 4.78 is 47.0. The van der Waals surface area contributed by atoms with E-state index in [1.165, 1.54) is 24.3 Å². The summed E-state index contributed by atoms with van der Waals surface area (Å²) in [4.78, 5) is 50.6. The van der Waals surface area contributed by atoms with E-state index >= 15 is 0 Å². The number of hydrogen-bond donors (Lipinski definition) is 0. The van der Waals surface area contributed by atoms with Gasteiger partial charge in [-0.25, -0.2) is 9.68 Å². The van der Waals surface area contributed by atoms with Gasteiger partial charge in [0.05, 0.1) is 34.8 Å². The van der Waals surface area contributed by atoms with E-state index in [-0.39, 0.29) is 53.8 Å². The molecule has 2 aliphatic heterocycles. The summed E-state index contributed by atoms with van der Waals surface area (Å²) in [5.74, 6) is -1.37. The first kappa shape index (κ1) is 65.1. The number of carbonyl (C=O) groups is 2. The maximum Gasteiger partial charge on any atom is 0.365 e. The molecule has 3 rings (SSSR count). The molecular weight excluding hydrogens is 991 g/mol. The van der Waals surface area contributed by atoms with Crippen molar-refractivity contribution in [1.82, 2.24) is 0 Å². The van der Waals surface area contributed by atoms with Crippen molar-refractivity contribution in [3.05, 3.63) is 70.5 Å². The largest absolute Gasteiger partial charge is 0.483 e. The number of nitro groups is 1. The summed E-state index contributed by atoms with van der Waals surface area (Å²) in [6.07, 6.45) is 10.7. The van der Waals surface area contributed by atoms with E-state index in [9.17, 15) is 19.7 Å². The van der Waals surface area contributed by atoms with Crippen LogP contribution in [-0.4, -0.2) is 90.3 Å². The molecule has 14 nitrogen and oxygen atoms in total. The van der Waals surface area contributed by atoms with E-state index in [4.69, 9.17) is 42.0 Å². The second-order valence-electron chi connectivity index (χ2n) is 21.5. The summed E-state index contributed by atoms with van der Waals surface area (Å²) >= 11 is 0. The highest BCUT2D eigenvalue weighted by molar-refractivity contribution is 6.74. The quantitative estimate of drug-likeness (QED) is 0.0101. The van der Waals surface area contributed by atoms with Gasteiger partial charge >= 0.3 is 11.9 Å². The molecule has 0 radical (unpaired) electrons. The van der Waals surface area contributed by atoms with Crippen LogP contribution >= 0.6 is 0 Å². The Kier molecular flexibility index (Phi) is 26.5. The van der Waals surface area contributed by atoms with E-state index in [0.717, 1.165) is 66.6 Å². The molecule has 1 saturated heterocycles. The summed E-state index contributed by atoms with van der Waals surface area (Å²) in [6.45, 7) is 36.7. The smallest absolute Gasteiger partial charge is 0.365 e. The monoisotopic (exact) mass is 1090 g/mol. The number of benzene rings is 1. The van der Waals surface area contributed by atoms with Gasteiger partial charge in [-0.05, 0) is 132 Å². The van der Waals surface area contributed by atoms with Crippen LogP contribution in [0.15, 0.2) is 60.4 Å². The Balaban J connectivity index is 2.10. The van der Waals surface area contributed by atoms with Crippen LogP contribution in [0.25, 0.3) is 0 Å². The number of ether oxygens (including phenoxy) is 4. The minimum absolute atomic E-state index is 0.0334. The van der Waals surface area contributed by atoms with Crippen LogP contribution in [0.3, 0.4) is 0 Å². The van der Waals surface area contributed by atoms with E-state index in [1.807, 2.05) is 26.8 Å². The molecule has 1 aromatic carbocycles. The summed E-state index contributed by atoms with van der Waals surface area (Å²) in [5.41, 5.74) is -2.09. The van der Waals surface area contributed by atoms with Crippen molar-refractivity contribution >= 4 is 42.6 Å². The van der Waals surface area contributed by atoms with Crippen LogP contribution in [0.4, 0.5) is 5.69 Å². The number of nitrogens with zero attached hydrogens (tertiary/aromatic N) is 1. The van der Waals surface area contributed by atoms with Crippen LogP contribution in [0.1, 0.15) is 150 Å². The van der Waals surface area contributed by atoms with Gasteiger partial charge < -0.3 is 32.2 Å². The van der Waals surface area contributed by atoms with Gasteiger partial charge in [0.1, 0.15) is 17.8 Å². The van der Waals surface area contributed by atoms with Crippen molar-refractivity contribution in [1.29, 1.82) is 0 Å². The molecular formula is C57H99NO13Si3. The highest BCUT2D eigenvalue weighted by Crippen LogP contribution is 2.43. The van der Waals surface area contributed by atoms with Gasteiger partial charge in [-0.15, -0.1) is 0 Å². The highest BCUT2D eigenvalue weighted by Gasteiger charge is 2.48. The molecule has 0 amide bonds. The van der Waals surface area contributed by atoms with Crippen molar-refractivity contribution in [3.63, 3.8) is 0 Å². The van der Waals surface area contributed by atoms with Crippen molar-refractivity contribution in [2.45, 2.75) is 246 Å². The molecule has 0 N–H and O–H groups in total. The SMILES string of the molecule is CCOC(C)OC1(C)CCC(O[Si](CC)(CC)CC)CC(=O)OC(C(C)C/C=C/C(C)(C=C2OC2C(C)C(CC)O[Si](CC)(CC)CC)O[Si](CC)(CC)CC)C(C)/C=C/C1C(=O)OOc1ccc([N+](=O)[O-])cc1. The first-order chi connectivity index (χ1) is 35.0. The molecule has 2 aliphatic rings. The molecule has 2 heterocycles. The van der Waals surface area contributed by atoms with Crippen LogP contribution in [-0.2, 0) is 46.7 Å². The molecule has 17 heteroatoms. The van der Waals surface area contributed by atoms with E-state index in [1.54, 1.807) is 13.0 Å². The number of rotatable bonds is 31. The number of nitro benzene ring substituents is 1. The Bertz CT molecular complexity index is 1950. The standard InChI is InChI=1S/C57H99NO13Si3/c1-18-50(70-73(23-6,24-7)25-8)44(14)54-51(64-54)41-56(16,71-74(26-9,27-10)28-11)38-29-30-42(12)53-43(13)31-36-49(55(60)68-67-47-34-32-46(33-35-47)58(61)62)57(17,66-45(15)63-19-2)39-37-48(40-52(59)65-53)69-72(20-3,21-4)22-5/h29,31-36,38,41-45,48-50,53-54H,18-28,30,37,39-40H2,1-17H3/b36-31+,38-29+,51-41?. The zero-order chi connectivity index (χ0) is 55.5. The number of epoxide rings is 1. The predicted octanol–water partition coefficient (Wildman–Crippen LogP) is 15.0. The van der Waals surface area contributed by atoms with Gasteiger partial charge in [-0.2, -0.15) is 0 Å². The number of esters is 1. The van der Waals surface area contributed by atoms with Gasteiger partial charge in [-0.1, -0.05) is 114 Å². The second kappa shape index (κ2) is 30.1. The number of hydrogen-bond acceptors (Lipinski definition) is 13. The first-order valence-corrected chi connectivity index (χ1v) is 36.0. The third-order valence-electron chi connectivity index (χ3n) is 16.7. The summed E-state index contributed by atoms with van der Waals surface area (Å²) in [5, 5.41) is 11.3. The zero-order valence-corrected chi connectivity index (χ0v) is 51.8. The average Bonchev–Trinajstić information content (AvgIpc) is 4.15. The van der Waals surface area contributed by atoms with Crippen LogP contribution in [0.2, 0.25) is 54.4 Å². The topological polar surface area (TPSA) is 164 Å². The van der Waals surface area contributed by atoms with Gasteiger partial charge in [0.25, 0.3) is 5.69 Å². The minimum Gasteiger partial charge on any atom is -0.483 e. The van der Waals surface area contributed by atoms with Gasteiger partial charge in [0.15, 0.2) is 43.1 Å². The lowest BCUT2D eigenvalue weighted by molar-refractivity contribution is -0.384.